The van der Waals surface area contributed by atoms with Crippen molar-refractivity contribution in [1.29, 1.82) is 5.26 Å². The van der Waals surface area contributed by atoms with E-state index in [-0.39, 0.29) is 6.04 Å². The molecule has 0 amide bonds. The van der Waals surface area contributed by atoms with E-state index in [0.29, 0.717) is 5.15 Å². The number of rotatable bonds is 4. The summed E-state index contributed by atoms with van der Waals surface area (Å²) in [6.07, 6.45) is 1.98. The molecule has 0 spiro atoms. The maximum Gasteiger partial charge on any atom is 0.151 e. The molecule has 0 bridgehead atoms. The Kier molecular flexibility index (Phi) is 4.94. The van der Waals surface area contributed by atoms with Gasteiger partial charge in [0.15, 0.2) is 11.0 Å². The highest BCUT2D eigenvalue weighted by molar-refractivity contribution is 6.29. The van der Waals surface area contributed by atoms with E-state index >= 15 is 0 Å². The largest absolute Gasteiger partial charge is 0.353 e. The van der Waals surface area contributed by atoms with Crippen LogP contribution in [-0.4, -0.2) is 47.3 Å². The van der Waals surface area contributed by atoms with E-state index < -0.39 is 0 Å². The van der Waals surface area contributed by atoms with Crippen LogP contribution in [0.15, 0.2) is 12.1 Å². The average Bonchev–Trinajstić information content (AvgIpc) is 2.46. The second kappa shape index (κ2) is 6.69. The Morgan fingerprint density at radius 1 is 1.32 bits per heavy atom. The molecule has 2 rings (SSSR count). The highest BCUT2D eigenvalue weighted by atomic mass is 35.5. The van der Waals surface area contributed by atoms with Gasteiger partial charge in [0.25, 0.3) is 0 Å². The summed E-state index contributed by atoms with van der Waals surface area (Å²) in [7, 11) is 0. The predicted octanol–water partition coefficient (Wildman–Crippen LogP) is 1.94. The number of hydrogen-bond acceptors (Lipinski definition) is 5. The van der Waals surface area contributed by atoms with E-state index in [9.17, 15) is 5.26 Å². The van der Waals surface area contributed by atoms with E-state index in [1.165, 1.54) is 0 Å². The summed E-state index contributed by atoms with van der Waals surface area (Å²) < 4.78 is 0. The summed E-state index contributed by atoms with van der Waals surface area (Å²) in [4.78, 5) is 4.43. The average molecular weight is 280 g/mol. The molecular formula is C13H18ClN5. The van der Waals surface area contributed by atoms with Crippen molar-refractivity contribution in [3.63, 3.8) is 0 Å². The first kappa shape index (κ1) is 14.0. The summed E-state index contributed by atoms with van der Waals surface area (Å²) in [6, 6.07) is 6.08. The van der Waals surface area contributed by atoms with E-state index in [1.807, 2.05) is 6.07 Å². The van der Waals surface area contributed by atoms with Gasteiger partial charge < -0.3 is 4.90 Å². The van der Waals surface area contributed by atoms with Gasteiger partial charge in [0.05, 0.1) is 12.1 Å². The number of piperazine rings is 1. The molecule has 0 aromatic carbocycles. The first-order valence-corrected chi connectivity index (χ1v) is 7.00. The summed E-state index contributed by atoms with van der Waals surface area (Å²) in [6.45, 7) is 5.64. The van der Waals surface area contributed by atoms with Gasteiger partial charge in [-0.25, -0.2) is 0 Å². The molecule has 0 saturated carbocycles. The van der Waals surface area contributed by atoms with E-state index in [4.69, 9.17) is 11.6 Å². The first-order valence-electron chi connectivity index (χ1n) is 6.62. The van der Waals surface area contributed by atoms with Crippen LogP contribution in [0, 0.1) is 11.3 Å². The lowest BCUT2D eigenvalue weighted by atomic mass is 10.1. The van der Waals surface area contributed by atoms with Crippen LogP contribution in [0.5, 0.6) is 0 Å². The molecule has 1 atom stereocenters. The van der Waals surface area contributed by atoms with Gasteiger partial charge in [-0.1, -0.05) is 24.9 Å². The highest BCUT2D eigenvalue weighted by Crippen LogP contribution is 2.16. The molecule has 2 heterocycles. The molecule has 0 aliphatic carbocycles. The minimum Gasteiger partial charge on any atom is -0.353 e. The smallest absolute Gasteiger partial charge is 0.151 e. The van der Waals surface area contributed by atoms with Crippen LogP contribution in [0.4, 0.5) is 5.82 Å². The molecule has 5 nitrogen and oxygen atoms in total. The SMILES string of the molecule is CCCC(C#N)N1CCN(c2ccc(Cl)nn2)CC1. The van der Waals surface area contributed by atoms with E-state index in [1.54, 1.807) is 6.07 Å². The maximum absolute atomic E-state index is 9.18. The lowest BCUT2D eigenvalue weighted by Gasteiger charge is -2.37. The number of hydrogen-bond donors (Lipinski definition) is 0. The molecule has 1 aromatic rings. The second-order valence-electron chi connectivity index (χ2n) is 4.67. The molecule has 1 aromatic heterocycles. The molecule has 19 heavy (non-hydrogen) atoms. The van der Waals surface area contributed by atoms with E-state index in [0.717, 1.165) is 44.8 Å². The Labute approximate surface area is 118 Å². The van der Waals surface area contributed by atoms with Gasteiger partial charge >= 0.3 is 0 Å². The lowest BCUT2D eigenvalue weighted by Crippen LogP contribution is -2.50. The van der Waals surface area contributed by atoms with Crippen molar-refractivity contribution in [3.05, 3.63) is 17.3 Å². The van der Waals surface area contributed by atoms with Crippen molar-refractivity contribution in [2.45, 2.75) is 25.8 Å². The summed E-state index contributed by atoms with van der Waals surface area (Å²) >= 11 is 5.73. The van der Waals surface area contributed by atoms with Crippen molar-refractivity contribution in [2.75, 3.05) is 31.1 Å². The van der Waals surface area contributed by atoms with E-state index in [2.05, 4.69) is 33.0 Å². The van der Waals surface area contributed by atoms with Gasteiger partial charge in [-0.05, 0) is 18.6 Å². The molecule has 1 aliphatic rings. The molecule has 1 saturated heterocycles. The Hall–Kier alpha value is -1.38. The zero-order chi connectivity index (χ0) is 13.7. The molecule has 1 fully saturated rings. The number of nitrogens with zero attached hydrogens (tertiary/aromatic N) is 5. The Morgan fingerprint density at radius 3 is 2.58 bits per heavy atom. The second-order valence-corrected chi connectivity index (χ2v) is 5.06. The van der Waals surface area contributed by atoms with Crippen molar-refractivity contribution < 1.29 is 0 Å². The molecule has 0 radical (unpaired) electrons. The van der Waals surface area contributed by atoms with Crippen LogP contribution in [0.25, 0.3) is 0 Å². The van der Waals surface area contributed by atoms with Gasteiger partial charge in [0, 0.05) is 26.2 Å². The van der Waals surface area contributed by atoms with Gasteiger partial charge in [-0.2, -0.15) is 5.26 Å². The Bertz CT molecular complexity index is 433. The molecular weight excluding hydrogens is 262 g/mol. The third-order valence-electron chi connectivity index (χ3n) is 3.41. The first-order chi connectivity index (χ1) is 9.24. The standard InChI is InChI=1S/C13H18ClN5/c1-2-3-11(10-15)18-6-8-19(9-7-18)13-5-4-12(14)16-17-13/h4-5,11H,2-3,6-9H2,1H3. The molecule has 1 aliphatic heterocycles. The third-order valence-corrected chi connectivity index (χ3v) is 3.61. The van der Waals surface area contributed by atoms with Gasteiger partial charge in [0.2, 0.25) is 0 Å². The van der Waals surface area contributed by atoms with Crippen LogP contribution in [0.1, 0.15) is 19.8 Å². The van der Waals surface area contributed by atoms with Crippen LogP contribution < -0.4 is 4.90 Å². The van der Waals surface area contributed by atoms with Crippen LogP contribution in [0.3, 0.4) is 0 Å². The van der Waals surface area contributed by atoms with Gasteiger partial charge in [0.1, 0.15) is 0 Å². The molecule has 0 N–H and O–H groups in total. The quantitative estimate of drug-likeness (QED) is 0.843. The Balaban J connectivity index is 1.92. The minimum absolute atomic E-state index is 0.0449. The number of halogens is 1. The normalized spacial score (nSPS) is 18.1. The van der Waals surface area contributed by atoms with Crippen molar-refractivity contribution >= 4 is 17.4 Å². The van der Waals surface area contributed by atoms with Gasteiger partial charge in [-0.15, -0.1) is 10.2 Å². The fraction of sp³-hybridized carbons (Fsp3) is 0.615. The van der Waals surface area contributed by atoms with Crippen molar-refractivity contribution in [3.8, 4) is 6.07 Å². The van der Waals surface area contributed by atoms with Crippen LogP contribution in [0.2, 0.25) is 5.15 Å². The molecule has 6 heteroatoms. The summed E-state index contributed by atoms with van der Waals surface area (Å²) in [5.41, 5.74) is 0. The number of aromatic nitrogens is 2. The van der Waals surface area contributed by atoms with Crippen LogP contribution >= 0.6 is 11.6 Å². The molecule has 1 unspecified atom stereocenters. The predicted molar refractivity (Wildman–Crippen MR) is 75.1 cm³/mol. The third kappa shape index (κ3) is 3.55. The maximum atomic E-state index is 9.18. The number of nitriles is 1. The minimum atomic E-state index is 0.0449. The van der Waals surface area contributed by atoms with Crippen LogP contribution in [-0.2, 0) is 0 Å². The monoisotopic (exact) mass is 279 g/mol. The van der Waals surface area contributed by atoms with Crippen molar-refractivity contribution in [1.82, 2.24) is 15.1 Å². The van der Waals surface area contributed by atoms with Gasteiger partial charge in [-0.3, -0.25) is 4.90 Å². The van der Waals surface area contributed by atoms with Crippen molar-refractivity contribution in [2.24, 2.45) is 0 Å². The number of anilines is 1. The lowest BCUT2D eigenvalue weighted by molar-refractivity contribution is 0.211. The summed E-state index contributed by atoms with van der Waals surface area (Å²) in [5, 5.41) is 17.5. The Morgan fingerprint density at radius 2 is 2.05 bits per heavy atom. The topological polar surface area (TPSA) is 56.1 Å². The fourth-order valence-electron chi connectivity index (χ4n) is 2.34. The fourth-order valence-corrected chi connectivity index (χ4v) is 2.44. The molecule has 102 valence electrons. The summed E-state index contributed by atoms with van der Waals surface area (Å²) in [5.74, 6) is 0.855. The highest BCUT2D eigenvalue weighted by Gasteiger charge is 2.23. The zero-order valence-corrected chi connectivity index (χ0v) is 11.8. The zero-order valence-electron chi connectivity index (χ0n) is 11.1.